The fraction of sp³-hybridized carbons (Fsp3) is 0.211. The fourth-order valence-electron chi connectivity index (χ4n) is 2.35. The second-order valence-electron chi connectivity index (χ2n) is 5.66. The SMILES string of the molecule is C[C@H](NC(=O)COC(=O)Cc1csc(-c2cccs2)n1)c1ccccc1. The molecule has 0 spiro atoms. The number of thiazole rings is 1. The average Bonchev–Trinajstić information content (AvgIpc) is 3.32. The first-order chi connectivity index (χ1) is 12.6. The summed E-state index contributed by atoms with van der Waals surface area (Å²) in [5.41, 5.74) is 1.65. The molecule has 3 aromatic rings. The Balaban J connectivity index is 1.44. The molecule has 0 fully saturated rings. The summed E-state index contributed by atoms with van der Waals surface area (Å²) in [5.74, 6) is -0.789. The molecule has 2 heterocycles. The van der Waals surface area contributed by atoms with Gasteiger partial charge >= 0.3 is 5.97 Å². The van der Waals surface area contributed by atoms with Crippen LogP contribution in [-0.2, 0) is 20.7 Å². The van der Waals surface area contributed by atoms with Crippen LogP contribution in [0.1, 0.15) is 24.2 Å². The van der Waals surface area contributed by atoms with Gasteiger partial charge in [0.05, 0.1) is 23.0 Å². The average molecular weight is 386 g/mol. The lowest BCUT2D eigenvalue weighted by molar-refractivity contribution is -0.148. The summed E-state index contributed by atoms with van der Waals surface area (Å²) in [6, 6.07) is 13.4. The van der Waals surface area contributed by atoms with Crippen molar-refractivity contribution < 1.29 is 14.3 Å². The van der Waals surface area contributed by atoms with Crippen molar-refractivity contribution in [1.82, 2.24) is 10.3 Å². The Bertz CT molecular complexity index is 860. The largest absolute Gasteiger partial charge is 0.455 e. The molecular formula is C19H18N2O3S2. The standard InChI is InChI=1S/C19H18N2O3S2/c1-13(14-6-3-2-4-7-14)20-17(22)11-24-18(23)10-15-12-26-19(21-15)16-8-5-9-25-16/h2-9,12-13H,10-11H2,1H3,(H,20,22)/t13-/m0/s1. The molecule has 0 unspecified atom stereocenters. The number of carbonyl (C=O) groups is 2. The second-order valence-corrected chi connectivity index (χ2v) is 7.46. The summed E-state index contributed by atoms with van der Waals surface area (Å²) in [7, 11) is 0. The van der Waals surface area contributed by atoms with Crippen molar-refractivity contribution in [1.29, 1.82) is 0 Å². The Morgan fingerprint density at radius 2 is 1.96 bits per heavy atom. The molecule has 1 amide bonds. The molecule has 1 aromatic carbocycles. The molecule has 0 saturated heterocycles. The van der Waals surface area contributed by atoms with E-state index in [9.17, 15) is 9.59 Å². The molecule has 0 bridgehead atoms. The molecule has 3 rings (SSSR count). The minimum Gasteiger partial charge on any atom is -0.455 e. The van der Waals surface area contributed by atoms with Crippen molar-refractivity contribution in [2.45, 2.75) is 19.4 Å². The monoisotopic (exact) mass is 386 g/mol. The number of benzene rings is 1. The van der Waals surface area contributed by atoms with Crippen LogP contribution in [0.4, 0.5) is 0 Å². The Labute approximate surface area is 159 Å². The quantitative estimate of drug-likeness (QED) is 0.627. The Hall–Kier alpha value is -2.51. The van der Waals surface area contributed by atoms with Crippen molar-refractivity contribution in [3.05, 3.63) is 64.5 Å². The first kappa shape index (κ1) is 18.3. The van der Waals surface area contributed by atoms with Crippen molar-refractivity contribution >= 4 is 34.6 Å². The van der Waals surface area contributed by atoms with E-state index in [4.69, 9.17) is 4.74 Å². The van der Waals surface area contributed by atoms with Crippen LogP contribution in [0.15, 0.2) is 53.2 Å². The molecule has 1 atom stereocenters. The number of rotatable bonds is 7. The lowest BCUT2D eigenvalue weighted by Gasteiger charge is -2.14. The molecule has 0 aliphatic heterocycles. The third-order valence-corrected chi connectivity index (χ3v) is 5.58. The summed E-state index contributed by atoms with van der Waals surface area (Å²) in [6.45, 7) is 1.59. The van der Waals surface area contributed by atoms with Gasteiger partial charge in [0.2, 0.25) is 0 Å². The summed E-state index contributed by atoms with van der Waals surface area (Å²) < 4.78 is 5.06. The van der Waals surface area contributed by atoms with Crippen LogP contribution in [0.2, 0.25) is 0 Å². The first-order valence-electron chi connectivity index (χ1n) is 8.10. The molecule has 0 saturated carbocycles. The minimum atomic E-state index is -0.462. The zero-order valence-electron chi connectivity index (χ0n) is 14.2. The number of ether oxygens (including phenoxy) is 1. The molecule has 1 N–H and O–H groups in total. The first-order valence-corrected chi connectivity index (χ1v) is 9.86. The number of esters is 1. The van der Waals surface area contributed by atoms with Crippen LogP contribution in [0.3, 0.4) is 0 Å². The summed E-state index contributed by atoms with van der Waals surface area (Å²) in [4.78, 5) is 29.4. The van der Waals surface area contributed by atoms with E-state index in [-0.39, 0.29) is 25.0 Å². The highest BCUT2D eigenvalue weighted by Gasteiger charge is 2.14. The highest BCUT2D eigenvalue weighted by Crippen LogP contribution is 2.27. The molecular weight excluding hydrogens is 368 g/mol. The number of nitrogens with zero attached hydrogens (tertiary/aromatic N) is 1. The Morgan fingerprint density at radius 3 is 2.69 bits per heavy atom. The Morgan fingerprint density at radius 1 is 1.15 bits per heavy atom. The fourth-order valence-corrected chi connectivity index (χ4v) is 3.99. The van der Waals surface area contributed by atoms with Gasteiger partial charge in [-0.05, 0) is 23.9 Å². The third-order valence-electron chi connectivity index (χ3n) is 3.65. The van der Waals surface area contributed by atoms with Crippen LogP contribution in [-0.4, -0.2) is 23.5 Å². The zero-order chi connectivity index (χ0) is 18.4. The normalized spacial score (nSPS) is 11.7. The van der Waals surface area contributed by atoms with Gasteiger partial charge in [0.1, 0.15) is 5.01 Å². The second kappa shape index (κ2) is 8.73. The maximum Gasteiger partial charge on any atom is 0.312 e. The third kappa shape index (κ3) is 5.00. The van der Waals surface area contributed by atoms with Gasteiger partial charge in [0.25, 0.3) is 5.91 Å². The van der Waals surface area contributed by atoms with Crippen molar-refractivity contribution in [3.63, 3.8) is 0 Å². The lowest BCUT2D eigenvalue weighted by atomic mass is 10.1. The van der Waals surface area contributed by atoms with Crippen LogP contribution < -0.4 is 5.32 Å². The minimum absolute atomic E-state index is 0.0589. The molecule has 2 aromatic heterocycles. The number of hydrogen-bond acceptors (Lipinski definition) is 6. The summed E-state index contributed by atoms with van der Waals surface area (Å²) in [6.07, 6.45) is 0.0589. The molecule has 0 aliphatic rings. The molecule has 5 nitrogen and oxygen atoms in total. The molecule has 26 heavy (non-hydrogen) atoms. The van der Waals surface area contributed by atoms with Gasteiger partial charge in [-0.3, -0.25) is 9.59 Å². The predicted molar refractivity (Wildman–Crippen MR) is 103 cm³/mol. The van der Waals surface area contributed by atoms with E-state index in [1.165, 1.54) is 11.3 Å². The topological polar surface area (TPSA) is 68.3 Å². The van der Waals surface area contributed by atoms with Gasteiger partial charge in [-0.25, -0.2) is 4.98 Å². The van der Waals surface area contributed by atoms with Gasteiger partial charge < -0.3 is 10.1 Å². The van der Waals surface area contributed by atoms with Crippen molar-refractivity contribution in [3.8, 4) is 9.88 Å². The van der Waals surface area contributed by atoms with E-state index in [1.54, 1.807) is 11.3 Å². The molecule has 0 radical (unpaired) electrons. The number of aromatic nitrogens is 1. The van der Waals surface area contributed by atoms with Gasteiger partial charge in [0, 0.05) is 5.38 Å². The van der Waals surface area contributed by atoms with E-state index in [2.05, 4.69) is 10.3 Å². The zero-order valence-corrected chi connectivity index (χ0v) is 15.8. The van der Waals surface area contributed by atoms with Gasteiger partial charge in [-0.15, -0.1) is 22.7 Å². The van der Waals surface area contributed by atoms with Crippen molar-refractivity contribution in [2.75, 3.05) is 6.61 Å². The van der Waals surface area contributed by atoms with Crippen LogP contribution in [0, 0.1) is 0 Å². The summed E-state index contributed by atoms with van der Waals surface area (Å²) >= 11 is 3.10. The van der Waals surface area contributed by atoms with Crippen LogP contribution >= 0.6 is 22.7 Å². The maximum absolute atomic E-state index is 11.9. The van der Waals surface area contributed by atoms with E-state index >= 15 is 0 Å². The number of nitrogens with one attached hydrogen (secondary N) is 1. The predicted octanol–water partition coefficient (Wildman–Crippen LogP) is 3.83. The highest BCUT2D eigenvalue weighted by molar-refractivity contribution is 7.20. The van der Waals surface area contributed by atoms with Crippen LogP contribution in [0.5, 0.6) is 0 Å². The number of amides is 1. The smallest absolute Gasteiger partial charge is 0.312 e. The molecule has 134 valence electrons. The Kier molecular flexibility index (Phi) is 6.14. The highest BCUT2D eigenvalue weighted by atomic mass is 32.1. The van der Waals surface area contributed by atoms with E-state index in [1.807, 2.05) is 60.1 Å². The maximum atomic E-state index is 11.9. The summed E-state index contributed by atoms with van der Waals surface area (Å²) in [5, 5.41) is 7.52. The lowest BCUT2D eigenvalue weighted by Crippen LogP contribution is -2.31. The van der Waals surface area contributed by atoms with Crippen LogP contribution in [0.25, 0.3) is 9.88 Å². The van der Waals surface area contributed by atoms with E-state index in [0.717, 1.165) is 15.4 Å². The molecule has 7 heteroatoms. The van der Waals surface area contributed by atoms with E-state index in [0.29, 0.717) is 5.69 Å². The number of carbonyl (C=O) groups excluding carboxylic acids is 2. The van der Waals surface area contributed by atoms with Gasteiger partial charge in [-0.1, -0.05) is 36.4 Å². The molecule has 0 aliphatic carbocycles. The van der Waals surface area contributed by atoms with Gasteiger partial charge in [-0.2, -0.15) is 0 Å². The van der Waals surface area contributed by atoms with Crippen molar-refractivity contribution in [2.24, 2.45) is 0 Å². The number of thiophene rings is 1. The van der Waals surface area contributed by atoms with E-state index < -0.39 is 5.97 Å². The number of hydrogen-bond donors (Lipinski definition) is 1. The van der Waals surface area contributed by atoms with Gasteiger partial charge in [0.15, 0.2) is 6.61 Å².